The Morgan fingerprint density at radius 3 is 2.60 bits per heavy atom. The van der Waals surface area contributed by atoms with Gasteiger partial charge < -0.3 is 16.0 Å². The van der Waals surface area contributed by atoms with Gasteiger partial charge in [-0.3, -0.25) is 9.59 Å². The highest BCUT2D eigenvalue weighted by Gasteiger charge is 2.23. The molecule has 130 valence electrons. The molecule has 1 aliphatic rings. The summed E-state index contributed by atoms with van der Waals surface area (Å²) in [6.45, 7) is 0.0415. The quantitative estimate of drug-likeness (QED) is 0.713. The molecule has 0 aliphatic heterocycles. The fourth-order valence-corrected chi connectivity index (χ4v) is 2.72. The predicted molar refractivity (Wildman–Crippen MR) is 101 cm³/mol. The van der Waals surface area contributed by atoms with Crippen LogP contribution in [0.4, 0.5) is 11.4 Å². The van der Waals surface area contributed by atoms with Crippen molar-refractivity contribution in [1.82, 2.24) is 5.32 Å². The molecule has 0 aromatic heterocycles. The van der Waals surface area contributed by atoms with E-state index in [0.29, 0.717) is 33.0 Å². The van der Waals surface area contributed by atoms with Crippen molar-refractivity contribution in [2.24, 2.45) is 0 Å². The van der Waals surface area contributed by atoms with Gasteiger partial charge in [0.05, 0.1) is 17.3 Å². The summed E-state index contributed by atoms with van der Waals surface area (Å²) in [5, 5.41) is 9.60. The third kappa shape index (κ3) is 5.11. The summed E-state index contributed by atoms with van der Waals surface area (Å²) in [6.07, 6.45) is 2.06. The molecule has 3 N–H and O–H groups in total. The maximum atomic E-state index is 12.1. The van der Waals surface area contributed by atoms with Gasteiger partial charge in [0.25, 0.3) is 5.91 Å². The van der Waals surface area contributed by atoms with E-state index in [1.54, 1.807) is 42.5 Å². The van der Waals surface area contributed by atoms with Crippen molar-refractivity contribution < 1.29 is 9.59 Å². The average Bonchev–Trinajstić information content (AvgIpc) is 3.38. The predicted octanol–water partition coefficient (Wildman–Crippen LogP) is 3.94. The molecule has 25 heavy (non-hydrogen) atoms. The molecule has 0 heterocycles. The van der Waals surface area contributed by atoms with Crippen molar-refractivity contribution in [3.05, 3.63) is 58.1 Å². The van der Waals surface area contributed by atoms with E-state index in [1.807, 2.05) is 0 Å². The van der Waals surface area contributed by atoms with E-state index in [2.05, 4.69) is 16.0 Å². The number of nitrogens with one attached hydrogen (secondary N) is 3. The van der Waals surface area contributed by atoms with E-state index in [9.17, 15) is 9.59 Å². The highest BCUT2D eigenvalue weighted by molar-refractivity contribution is 6.36. The Morgan fingerprint density at radius 2 is 1.88 bits per heavy atom. The molecule has 0 saturated heterocycles. The Bertz CT molecular complexity index is 807. The number of hydrogen-bond donors (Lipinski definition) is 3. The summed E-state index contributed by atoms with van der Waals surface area (Å²) in [6, 6.07) is 12.1. The van der Waals surface area contributed by atoms with Crippen LogP contribution >= 0.6 is 23.2 Å². The van der Waals surface area contributed by atoms with E-state index in [-0.39, 0.29) is 18.4 Å². The Balaban J connectivity index is 1.56. The molecule has 2 amide bonds. The number of rotatable bonds is 6. The fraction of sp³-hybridized carbons (Fsp3) is 0.222. The molecule has 1 fully saturated rings. The fourth-order valence-electron chi connectivity index (χ4n) is 2.25. The lowest BCUT2D eigenvalue weighted by Gasteiger charge is -2.10. The monoisotopic (exact) mass is 377 g/mol. The van der Waals surface area contributed by atoms with E-state index in [4.69, 9.17) is 23.2 Å². The zero-order valence-electron chi connectivity index (χ0n) is 13.3. The zero-order valence-corrected chi connectivity index (χ0v) is 14.8. The standard InChI is InChI=1S/C18H17Cl2N3O2/c19-12-4-7-16(15(20)9-12)21-10-17(24)22-14-3-1-2-11(8-14)18(25)23-13-5-6-13/h1-4,7-9,13,21H,5-6,10H2,(H,22,24)(H,23,25). The van der Waals surface area contributed by atoms with Gasteiger partial charge in [-0.2, -0.15) is 0 Å². The second-order valence-corrected chi connectivity index (χ2v) is 6.70. The number of carbonyl (C=O) groups excluding carboxylic acids is 2. The van der Waals surface area contributed by atoms with Gasteiger partial charge in [0.1, 0.15) is 0 Å². The van der Waals surface area contributed by atoms with Crippen molar-refractivity contribution in [1.29, 1.82) is 0 Å². The molecule has 0 atom stereocenters. The number of anilines is 2. The molecule has 0 unspecified atom stereocenters. The van der Waals surface area contributed by atoms with Crippen LogP contribution in [0.2, 0.25) is 10.0 Å². The Morgan fingerprint density at radius 1 is 1.08 bits per heavy atom. The topological polar surface area (TPSA) is 70.2 Å². The minimum atomic E-state index is -0.245. The Hall–Kier alpha value is -2.24. The first-order valence-corrected chi connectivity index (χ1v) is 8.66. The maximum Gasteiger partial charge on any atom is 0.251 e. The first-order valence-electron chi connectivity index (χ1n) is 7.91. The number of hydrogen-bond acceptors (Lipinski definition) is 3. The van der Waals surface area contributed by atoms with Crippen molar-refractivity contribution in [2.45, 2.75) is 18.9 Å². The largest absolute Gasteiger partial charge is 0.375 e. The molecule has 7 heteroatoms. The van der Waals surface area contributed by atoms with Gasteiger partial charge >= 0.3 is 0 Å². The molecule has 1 saturated carbocycles. The summed E-state index contributed by atoms with van der Waals surface area (Å²) >= 11 is 11.9. The summed E-state index contributed by atoms with van der Waals surface area (Å²) < 4.78 is 0. The number of amides is 2. The molecule has 0 spiro atoms. The first kappa shape index (κ1) is 17.6. The summed E-state index contributed by atoms with van der Waals surface area (Å²) in [7, 11) is 0. The summed E-state index contributed by atoms with van der Waals surface area (Å²) in [4.78, 5) is 24.1. The van der Waals surface area contributed by atoms with Crippen LogP contribution in [0.3, 0.4) is 0 Å². The van der Waals surface area contributed by atoms with Crippen LogP contribution in [0.15, 0.2) is 42.5 Å². The molecule has 3 rings (SSSR count). The van der Waals surface area contributed by atoms with Gasteiger partial charge in [-0.25, -0.2) is 0 Å². The third-order valence-corrected chi connectivity index (χ3v) is 4.24. The molecule has 2 aromatic rings. The molecule has 5 nitrogen and oxygen atoms in total. The van der Waals surface area contributed by atoms with Crippen molar-refractivity contribution in [2.75, 3.05) is 17.2 Å². The number of halogens is 2. The lowest BCUT2D eigenvalue weighted by Crippen LogP contribution is -2.26. The lowest BCUT2D eigenvalue weighted by molar-refractivity contribution is -0.114. The summed E-state index contributed by atoms with van der Waals surface area (Å²) in [5.41, 5.74) is 1.72. The molecular weight excluding hydrogens is 361 g/mol. The van der Waals surface area contributed by atoms with Crippen LogP contribution in [0.25, 0.3) is 0 Å². The van der Waals surface area contributed by atoms with Gasteiger partial charge in [-0.15, -0.1) is 0 Å². The zero-order chi connectivity index (χ0) is 17.8. The SMILES string of the molecule is O=C(CNc1ccc(Cl)cc1Cl)Nc1cccc(C(=O)NC2CC2)c1. The normalized spacial score (nSPS) is 13.2. The van der Waals surface area contributed by atoms with E-state index < -0.39 is 0 Å². The molecule has 0 bridgehead atoms. The maximum absolute atomic E-state index is 12.1. The van der Waals surface area contributed by atoms with Gasteiger partial charge in [0.15, 0.2) is 0 Å². The van der Waals surface area contributed by atoms with Gasteiger partial charge in [-0.1, -0.05) is 29.3 Å². The first-order chi connectivity index (χ1) is 12.0. The van der Waals surface area contributed by atoms with Gasteiger partial charge in [-0.05, 0) is 49.2 Å². The average molecular weight is 378 g/mol. The third-order valence-electron chi connectivity index (χ3n) is 3.69. The van der Waals surface area contributed by atoms with Gasteiger partial charge in [0, 0.05) is 22.3 Å². The lowest BCUT2D eigenvalue weighted by atomic mass is 10.2. The van der Waals surface area contributed by atoms with Gasteiger partial charge in [0.2, 0.25) is 5.91 Å². The summed E-state index contributed by atoms with van der Waals surface area (Å²) in [5.74, 6) is -0.365. The van der Waals surface area contributed by atoms with E-state index >= 15 is 0 Å². The highest BCUT2D eigenvalue weighted by Crippen LogP contribution is 2.25. The van der Waals surface area contributed by atoms with Crippen LogP contribution < -0.4 is 16.0 Å². The van der Waals surface area contributed by atoms with Crippen molar-refractivity contribution in [3.8, 4) is 0 Å². The smallest absolute Gasteiger partial charge is 0.251 e. The van der Waals surface area contributed by atoms with E-state index in [1.165, 1.54) is 0 Å². The highest BCUT2D eigenvalue weighted by atomic mass is 35.5. The second kappa shape index (κ2) is 7.76. The number of carbonyl (C=O) groups is 2. The second-order valence-electron chi connectivity index (χ2n) is 5.85. The van der Waals surface area contributed by atoms with Crippen LogP contribution in [-0.2, 0) is 4.79 Å². The molecular formula is C18H17Cl2N3O2. The van der Waals surface area contributed by atoms with Crippen LogP contribution in [0, 0.1) is 0 Å². The molecule has 1 aliphatic carbocycles. The number of benzene rings is 2. The Kier molecular flexibility index (Phi) is 5.46. The van der Waals surface area contributed by atoms with Crippen LogP contribution in [0.1, 0.15) is 23.2 Å². The minimum absolute atomic E-state index is 0.0415. The van der Waals surface area contributed by atoms with Crippen LogP contribution in [0.5, 0.6) is 0 Å². The van der Waals surface area contributed by atoms with E-state index in [0.717, 1.165) is 12.8 Å². The van der Waals surface area contributed by atoms with Crippen molar-refractivity contribution >= 4 is 46.4 Å². The van der Waals surface area contributed by atoms with Crippen molar-refractivity contribution in [3.63, 3.8) is 0 Å². The minimum Gasteiger partial charge on any atom is -0.375 e. The van der Waals surface area contributed by atoms with Crippen LogP contribution in [-0.4, -0.2) is 24.4 Å². The molecule has 2 aromatic carbocycles. The molecule has 0 radical (unpaired) electrons. The Labute approximate surface area is 155 Å².